The van der Waals surface area contributed by atoms with E-state index < -0.39 is 10.8 Å². The smallest absolute Gasteiger partial charge is 0.275 e. The van der Waals surface area contributed by atoms with Gasteiger partial charge in [0.25, 0.3) is 17.5 Å². The molecule has 0 aliphatic rings. The highest BCUT2D eigenvalue weighted by atomic mass is 32.1. The van der Waals surface area contributed by atoms with Gasteiger partial charge in [0.05, 0.1) is 12.0 Å². The molecule has 0 bridgehead atoms. The van der Waals surface area contributed by atoms with Gasteiger partial charge in [0, 0.05) is 28.3 Å². The Morgan fingerprint density at radius 3 is 2.45 bits per heavy atom. The van der Waals surface area contributed by atoms with Crippen molar-refractivity contribution in [3.8, 4) is 5.75 Å². The number of aromatic nitrogens is 1. The maximum Gasteiger partial charge on any atom is 0.275 e. The van der Waals surface area contributed by atoms with Gasteiger partial charge in [-0.1, -0.05) is 0 Å². The average molecular weight is 412 g/mol. The molecular formula is C19H16N4O5S. The van der Waals surface area contributed by atoms with Crippen LogP contribution in [0, 0.1) is 17.0 Å². The Kier molecular flexibility index (Phi) is 5.84. The van der Waals surface area contributed by atoms with Crippen molar-refractivity contribution in [2.75, 3.05) is 17.7 Å². The summed E-state index contributed by atoms with van der Waals surface area (Å²) in [5.41, 5.74) is 1.36. The van der Waals surface area contributed by atoms with Crippen molar-refractivity contribution in [3.63, 3.8) is 0 Å². The van der Waals surface area contributed by atoms with Crippen LogP contribution in [-0.4, -0.2) is 28.8 Å². The molecule has 2 N–H and O–H groups in total. The molecule has 0 unspecified atom stereocenters. The van der Waals surface area contributed by atoms with E-state index in [9.17, 15) is 19.7 Å². The monoisotopic (exact) mass is 412 g/mol. The first-order valence-corrected chi connectivity index (χ1v) is 9.22. The van der Waals surface area contributed by atoms with Crippen molar-refractivity contribution < 1.29 is 19.2 Å². The minimum Gasteiger partial charge on any atom is -0.497 e. The van der Waals surface area contributed by atoms with Crippen LogP contribution in [0.2, 0.25) is 0 Å². The summed E-state index contributed by atoms with van der Waals surface area (Å²) in [7, 11) is 1.54. The third-order valence-electron chi connectivity index (χ3n) is 3.96. The topological polar surface area (TPSA) is 123 Å². The molecule has 0 aliphatic carbocycles. The standard InChI is InChI=1S/C19H16N4O5S/c1-11-9-13(5-8-16(11)23(26)27)20-18(25)15-10-29-19(21-15)22-17(24)12-3-6-14(28-2)7-4-12/h3-10H,1-2H3,(H,20,25)(H,21,22,24). The van der Waals surface area contributed by atoms with E-state index in [1.165, 1.54) is 30.7 Å². The lowest BCUT2D eigenvalue weighted by atomic mass is 10.2. The number of anilines is 2. The molecular weight excluding hydrogens is 396 g/mol. The summed E-state index contributed by atoms with van der Waals surface area (Å²) < 4.78 is 5.05. The lowest BCUT2D eigenvalue weighted by molar-refractivity contribution is -0.385. The highest BCUT2D eigenvalue weighted by Crippen LogP contribution is 2.23. The van der Waals surface area contributed by atoms with Crippen LogP contribution in [-0.2, 0) is 0 Å². The van der Waals surface area contributed by atoms with E-state index in [1.54, 1.807) is 31.2 Å². The summed E-state index contributed by atoms with van der Waals surface area (Å²) in [5, 5.41) is 17.9. The fourth-order valence-electron chi connectivity index (χ4n) is 2.48. The number of nitro groups is 1. The van der Waals surface area contributed by atoms with E-state index >= 15 is 0 Å². The van der Waals surface area contributed by atoms with Gasteiger partial charge >= 0.3 is 0 Å². The third-order valence-corrected chi connectivity index (χ3v) is 4.72. The van der Waals surface area contributed by atoms with Gasteiger partial charge in [0.2, 0.25) is 0 Å². The average Bonchev–Trinajstić information content (AvgIpc) is 3.16. The number of carbonyl (C=O) groups excluding carboxylic acids is 2. The van der Waals surface area contributed by atoms with Crippen molar-refractivity contribution in [2.45, 2.75) is 6.92 Å². The van der Waals surface area contributed by atoms with Gasteiger partial charge in [0.15, 0.2) is 5.13 Å². The number of hydrogen-bond donors (Lipinski definition) is 2. The Morgan fingerprint density at radius 2 is 1.83 bits per heavy atom. The number of aryl methyl sites for hydroxylation is 1. The molecule has 0 aliphatic heterocycles. The number of methoxy groups -OCH3 is 1. The van der Waals surface area contributed by atoms with Crippen LogP contribution < -0.4 is 15.4 Å². The van der Waals surface area contributed by atoms with Gasteiger partial charge < -0.3 is 10.1 Å². The second-order valence-corrected chi connectivity index (χ2v) is 6.79. The molecule has 3 aromatic rings. The summed E-state index contributed by atoms with van der Waals surface area (Å²) in [6, 6.07) is 10.9. The number of nitrogens with one attached hydrogen (secondary N) is 2. The molecule has 29 heavy (non-hydrogen) atoms. The molecule has 0 saturated carbocycles. The van der Waals surface area contributed by atoms with Gasteiger partial charge in [-0.05, 0) is 43.3 Å². The van der Waals surface area contributed by atoms with Crippen LogP contribution in [0.1, 0.15) is 26.4 Å². The van der Waals surface area contributed by atoms with E-state index in [1.807, 2.05) is 0 Å². The number of nitro benzene ring substituents is 1. The fraction of sp³-hybridized carbons (Fsp3) is 0.105. The zero-order valence-corrected chi connectivity index (χ0v) is 16.3. The largest absolute Gasteiger partial charge is 0.497 e. The van der Waals surface area contributed by atoms with Crippen molar-refractivity contribution >= 4 is 39.7 Å². The second kappa shape index (κ2) is 8.48. The number of amides is 2. The van der Waals surface area contributed by atoms with Crippen molar-refractivity contribution in [2.24, 2.45) is 0 Å². The molecule has 10 heteroatoms. The van der Waals surface area contributed by atoms with Gasteiger partial charge in [0.1, 0.15) is 11.4 Å². The molecule has 9 nitrogen and oxygen atoms in total. The molecule has 1 aromatic heterocycles. The van der Waals surface area contributed by atoms with E-state index in [-0.39, 0.29) is 22.4 Å². The Bertz CT molecular complexity index is 1080. The minimum atomic E-state index is -0.487. The molecule has 3 rings (SSSR count). The summed E-state index contributed by atoms with van der Waals surface area (Å²) in [4.78, 5) is 39.1. The Balaban J connectivity index is 1.65. The number of benzene rings is 2. The molecule has 1 heterocycles. The molecule has 2 aromatic carbocycles. The predicted octanol–water partition coefficient (Wildman–Crippen LogP) is 3.87. The van der Waals surface area contributed by atoms with E-state index in [2.05, 4.69) is 15.6 Å². The Labute approximate surface area is 169 Å². The summed E-state index contributed by atoms with van der Waals surface area (Å²) >= 11 is 1.11. The predicted molar refractivity (Wildman–Crippen MR) is 109 cm³/mol. The second-order valence-electron chi connectivity index (χ2n) is 5.93. The highest BCUT2D eigenvalue weighted by molar-refractivity contribution is 7.14. The van der Waals surface area contributed by atoms with Crippen molar-refractivity contribution in [1.82, 2.24) is 4.98 Å². The van der Waals surface area contributed by atoms with Crippen LogP contribution in [0.15, 0.2) is 47.8 Å². The van der Waals surface area contributed by atoms with Crippen molar-refractivity contribution in [3.05, 3.63) is 74.8 Å². The van der Waals surface area contributed by atoms with Crippen LogP contribution >= 0.6 is 11.3 Å². The van der Waals surface area contributed by atoms with Gasteiger partial charge in [-0.2, -0.15) is 0 Å². The summed E-state index contributed by atoms with van der Waals surface area (Å²) in [6.45, 7) is 1.59. The lowest BCUT2D eigenvalue weighted by Crippen LogP contribution is -2.14. The molecule has 0 spiro atoms. The van der Waals surface area contributed by atoms with Crippen LogP contribution in [0.4, 0.5) is 16.5 Å². The van der Waals surface area contributed by atoms with E-state index in [0.29, 0.717) is 22.6 Å². The first-order chi connectivity index (χ1) is 13.9. The number of nitrogens with zero attached hydrogens (tertiary/aromatic N) is 2. The van der Waals surface area contributed by atoms with Crippen LogP contribution in [0.25, 0.3) is 0 Å². The van der Waals surface area contributed by atoms with Crippen LogP contribution in [0.5, 0.6) is 5.75 Å². The SMILES string of the molecule is COc1ccc(C(=O)Nc2nc(C(=O)Nc3ccc([N+](=O)[O-])c(C)c3)cs2)cc1. The van der Waals surface area contributed by atoms with Gasteiger partial charge in [-0.3, -0.25) is 25.0 Å². The van der Waals surface area contributed by atoms with Gasteiger partial charge in [-0.25, -0.2) is 4.98 Å². The quantitative estimate of drug-likeness (QED) is 0.468. The number of carbonyl (C=O) groups is 2. The number of hydrogen-bond acceptors (Lipinski definition) is 7. The van der Waals surface area contributed by atoms with E-state index in [0.717, 1.165) is 11.3 Å². The number of thiazole rings is 1. The molecule has 0 atom stereocenters. The fourth-order valence-corrected chi connectivity index (χ4v) is 3.17. The molecule has 0 fully saturated rings. The number of ether oxygens (including phenoxy) is 1. The first kappa shape index (κ1) is 20.0. The normalized spacial score (nSPS) is 10.3. The minimum absolute atomic E-state index is 0.0276. The third kappa shape index (κ3) is 4.74. The Morgan fingerprint density at radius 1 is 1.10 bits per heavy atom. The highest BCUT2D eigenvalue weighted by Gasteiger charge is 2.15. The van der Waals surface area contributed by atoms with Gasteiger partial charge in [-0.15, -0.1) is 11.3 Å². The molecule has 0 radical (unpaired) electrons. The Hall–Kier alpha value is -3.79. The van der Waals surface area contributed by atoms with Crippen molar-refractivity contribution in [1.29, 1.82) is 0 Å². The van der Waals surface area contributed by atoms with Crippen LogP contribution in [0.3, 0.4) is 0 Å². The molecule has 148 valence electrons. The van der Waals surface area contributed by atoms with E-state index in [4.69, 9.17) is 4.74 Å². The summed E-state index contributed by atoms with van der Waals surface area (Å²) in [5.74, 6) is -0.212. The molecule has 0 saturated heterocycles. The lowest BCUT2D eigenvalue weighted by Gasteiger charge is -2.05. The maximum atomic E-state index is 12.4. The number of rotatable bonds is 6. The zero-order chi connectivity index (χ0) is 21.0. The zero-order valence-electron chi connectivity index (χ0n) is 15.5. The first-order valence-electron chi connectivity index (χ1n) is 8.34. The maximum absolute atomic E-state index is 12.4. The summed E-state index contributed by atoms with van der Waals surface area (Å²) in [6.07, 6.45) is 0. The molecule has 2 amide bonds.